The molecule has 2 unspecified atom stereocenters. The van der Waals surface area contributed by atoms with Crippen molar-refractivity contribution in [3.63, 3.8) is 0 Å². The summed E-state index contributed by atoms with van der Waals surface area (Å²) in [4.78, 5) is 16.8. The first-order chi connectivity index (χ1) is 16.0. The minimum absolute atomic E-state index is 0.0741. The van der Waals surface area contributed by atoms with Crippen molar-refractivity contribution < 1.29 is 19.4 Å². The van der Waals surface area contributed by atoms with E-state index in [-0.39, 0.29) is 23.5 Å². The molecular weight excluding hydrogens is 418 g/mol. The van der Waals surface area contributed by atoms with Crippen molar-refractivity contribution in [3.05, 3.63) is 65.7 Å². The van der Waals surface area contributed by atoms with Crippen LogP contribution in [0.3, 0.4) is 0 Å². The third kappa shape index (κ3) is 5.61. The number of benzene rings is 2. The fourth-order valence-corrected chi connectivity index (χ4v) is 4.29. The van der Waals surface area contributed by atoms with Gasteiger partial charge in [-0.2, -0.15) is 0 Å². The monoisotopic (exact) mass is 449 g/mol. The molecular formula is C26H31N3O4. The van der Waals surface area contributed by atoms with E-state index >= 15 is 0 Å². The average molecular weight is 450 g/mol. The van der Waals surface area contributed by atoms with Gasteiger partial charge in [0.25, 0.3) is 0 Å². The van der Waals surface area contributed by atoms with Crippen LogP contribution in [0.15, 0.2) is 59.6 Å². The summed E-state index contributed by atoms with van der Waals surface area (Å²) in [5, 5.41) is 13.3. The van der Waals surface area contributed by atoms with Crippen LogP contribution in [0.1, 0.15) is 29.9 Å². The van der Waals surface area contributed by atoms with Crippen LogP contribution in [0.2, 0.25) is 0 Å². The molecule has 0 saturated carbocycles. The van der Waals surface area contributed by atoms with Crippen LogP contribution in [0.25, 0.3) is 0 Å². The number of para-hydroxylation sites is 1. The standard InChI is InChI=1S/C26H31N3O4/c1-17-15-28-16-22(17)21-4-2-3-5-24(21)33-13-10-18-6-7-20(14-23(18)30)29-26(31)25(27)19-8-11-32-12-9-19/h2-7,14,16,19,22,25,30H,1,8-13,15,27H2,(H,29,31). The number of carbonyl (C=O) groups is 1. The SMILES string of the molecule is C=C1CN=CC1c1ccccc1OCCc1ccc(NC(=O)C(N)C2CCOCC2)cc1O. The van der Waals surface area contributed by atoms with E-state index in [1.807, 2.05) is 30.5 Å². The molecule has 0 radical (unpaired) electrons. The summed E-state index contributed by atoms with van der Waals surface area (Å²) >= 11 is 0. The number of anilines is 1. The highest BCUT2D eigenvalue weighted by Crippen LogP contribution is 2.33. The summed E-state index contributed by atoms with van der Waals surface area (Å²) in [6, 6.07) is 12.4. The quantitative estimate of drug-likeness (QED) is 0.536. The molecule has 7 nitrogen and oxygen atoms in total. The highest BCUT2D eigenvalue weighted by Gasteiger charge is 2.26. The second-order valence-electron chi connectivity index (χ2n) is 8.57. The van der Waals surface area contributed by atoms with Crippen LogP contribution in [0.4, 0.5) is 5.69 Å². The smallest absolute Gasteiger partial charge is 0.241 e. The second-order valence-corrected chi connectivity index (χ2v) is 8.57. The number of aliphatic imine (C=N–C) groups is 1. The zero-order valence-electron chi connectivity index (χ0n) is 18.7. The zero-order valence-corrected chi connectivity index (χ0v) is 18.7. The Morgan fingerprint density at radius 2 is 2.06 bits per heavy atom. The normalized spacial score (nSPS) is 19.4. The summed E-state index contributed by atoms with van der Waals surface area (Å²) in [5.41, 5.74) is 9.50. The topological polar surface area (TPSA) is 106 Å². The van der Waals surface area contributed by atoms with Crippen molar-refractivity contribution >= 4 is 17.8 Å². The third-order valence-corrected chi connectivity index (χ3v) is 6.30. The van der Waals surface area contributed by atoms with E-state index in [1.165, 1.54) is 0 Å². The third-order valence-electron chi connectivity index (χ3n) is 6.30. The lowest BCUT2D eigenvalue weighted by atomic mass is 9.92. The fraction of sp³-hybridized carbons (Fsp3) is 0.385. The maximum absolute atomic E-state index is 12.5. The largest absolute Gasteiger partial charge is 0.508 e. The lowest BCUT2D eigenvalue weighted by molar-refractivity contribution is -0.119. The zero-order chi connectivity index (χ0) is 23.2. The highest BCUT2D eigenvalue weighted by atomic mass is 16.5. The number of nitrogens with two attached hydrogens (primary N) is 1. The molecule has 1 amide bonds. The van der Waals surface area contributed by atoms with Crippen molar-refractivity contribution in [3.8, 4) is 11.5 Å². The van der Waals surface area contributed by atoms with E-state index in [0.29, 0.717) is 38.5 Å². The number of ether oxygens (including phenoxy) is 2. The molecule has 174 valence electrons. The van der Waals surface area contributed by atoms with Crippen LogP contribution in [-0.4, -0.2) is 49.6 Å². The first-order valence-corrected chi connectivity index (χ1v) is 11.4. The molecule has 0 bridgehead atoms. The number of nitrogens with zero attached hydrogens (tertiary/aromatic N) is 1. The first-order valence-electron chi connectivity index (χ1n) is 11.4. The summed E-state index contributed by atoms with van der Waals surface area (Å²) in [6.07, 6.45) is 4.00. The van der Waals surface area contributed by atoms with Gasteiger partial charge in [0.15, 0.2) is 0 Å². The summed E-state index contributed by atoms with van der Waals surface area (Å²) in [6.45, 7) is 6.43. The molecule has 2 aromatic rings. The number of phenols is 1. The van der Waals surface area contributed by atoms with E-state index in [0.717, 1.165) is 35.3 Å². The Balaban J connectivity index is 1.33. The molecule has 4 N–H and O–H groups in total. The summed E-state index contributed by atoms with van der Waals surface area (Å²) in [7, 11) is 0. The Morgan fingerprint density at radius 3 is 2.79 bits per heavy atom. The van der Waals surface area contributed by atoms with Crippen molar-refractivity contribution in [1.29, 1.82) is 0 Å². The molecule has 2 aliphatic heterocycles. The van der Waals surface area contributed by atoms with Gasteiger partial charge in [-0.25, -0.2) is 0 Å². The van der Waals surface area contributed by atoms with Crippen molar-refractivity contribution in [2.75, 3.05) is 31.7 Å². The van der Waals surface area contributed by atoms with Gasteiger partial charge < -0.3 is 25.6 Å². The van der Waals surface area contributed by atoms with Gasteiger partial charge in [-0.3, -0.25) is 9.79 Å². The second kappa shape index (κ2) is 10.6. The predicted octanol–water partition coefficient (Wildman–Crippen LogP) is 3.43. The van der Waals surface area contributed by atoms with Crippen molar-refractivity contribution in [2.45, 2.75) is 31.2 Å². The fourth-order valence-electron chi connectivity index (χ4n) is 4.29. The maximum atomic E-state index is 12.5. The van der Waals surface area contributed by atoms with Gasteiger partial charge in [0, 0.05) is 49.1 Å². The number of phenolic OH excluding ortho intramolecular Hbond substituents is 1. The maximum Gasteiger partial charge on any atom is 0.241 e. The predicted molar refractivity (Wildman–Crippen MR) is 129 cm³/mol. The number of nitrogens with one attached hydrogen (secondary N) is 1. The molecule has 2 atom stereocenters. The number of hydrogen-bond donors (Lipinski definition) is 3. The Hall–Kier alpha value is -3.16. The van der Waals surface area contributed by atoms with E-state index < -0.39 is 6.04 Å². The van der Waals surface area contributed by atoms with Gasteiger partial charge in [0.1, 0.15) is 11.5 Å². The van der Waals surface area contributed by atoms with Crippen molar-refractivity contribution in [1.82, 2.24) is 0 Å². The molecule has 1 fully saturated rings. The molecule has 0 aliphatic carbocycles. The van der Waals surface area contributed by atoms with Gasteiger partial charge in [0.2, 0.25) is 5.91 Å². The van der Waals surface area contributed by atoms with Gasteiger partial charge in [-0.1, -0.05) is 30.8 Å². The molecule has 2 aliphatic rings. The van der Waals surface area contributed by atoms with Crippen LogP contribution < -0.4 is 15.8 Å². The lowest BCUT2D eigenvalue weighted by Gasteiger charge is -2.26. The molecule has 0 spiro atoms. The number of carbonyl (C=O) groups excluding carboxylic acids is 1. The van der Waals surface area contributed by atoms with E-state index in [4.69, 9.17) is 15.2 Å². The Morgan fingerprint density at radius 1 is 1.27 bits per heavy atom. The molecule has 2 aromatic carbocycles. The summed E-state index contributed by atoms with van der Waals surface area (Å²) < 4.78 is 11.4. The Bertz CT molecular complexity index is 1030. The van der Waals surface area contributed by atoms with Crippen LogP contribution in [-0.2, 0) is 16.0 Å². The first kappa shape index (κ1) is 23.0. The molecule has 0 aromatic heterocycles. The van der Waals surface area contributed by atoms with E-state index in [1.54, 1.807) is 18.2 Å². The summed E-state index contributed by atoms with van der Waals surface area (Å²) in [5.74, 6) is 0.846. The van der Waals surface area contributed by atoms with Crippen molar-refractivity contribution in [2.24, 2.45) is 16.6 Å². The number of amides is 1. The molecule has 1 saturated heterocycles. The van der Waals surface area contributed by atoms with Crippen LogP contribution >= 0.6 is 0 Å². The van der Waals surface area contributed by atoms with E-state index in [2.05, 4.69) is 16.9 Å². The highest BCUT2D eigenvalue weighted by molar-refractivity contribution is 5.95. The average Bonchev–Trinajstić information content (AvgIpc) is 3.26. The molecule has 2 heterocycles. The molecule has 4 rings (SSSR count). The minimum Gasteiger partial charge on any atom is -0.508 e. The number of hydrogen-bond acceptors (Lipinski definition) is 6. The van der Waals surface area contributed by atoms with E-state index in [9.17, 15) is 9.90 Å². The molecule has 7 heteroatoms. The van der Waals surface area contributed by atoms with Gasteiger partial charge in [0.05, 0.1) is 19.2 Å². The van der Waals surface area contributed by atoms with Crippen LogP contribution in [0, 0.1) is 5.92 Å². The van der Waals surface area contributed by atoms with Gasteiger partial charge in [-0.05, 0) is 42.0 Å². The lowest BCUT2D eigenvalue weighted by Crippen LogP contribution is -2.44. The number of aromatic hydroxyl groups is 1. The minimum atomic E-state index is -0.592. The Labute approximate surface area is 194 Å². The van der Waals surface area contributed by atoms with Gasteiger partial charge in [-0.15, -0.1) is 0 Å². The van der Waals surface area contributed by atoms with Crippen LogP contribution in [0.5, 0.6) is 11.5 Å². The Kier molecular flexibility index (Phi) is 7.42. The molecule has 33 heavy (non-hydrogen) atoms. The van der Waals surface area contributed by atoms with Gasteiger partial charge >= 0.3 is 0 Å². The number of rotatable bonds is 8.